The van der Waals surface area contributed by atoms with Gasteiger partial charge in [-0.3, -0.25) is 14.4 Å². The predicted molar refractivity (Wildman–Crippen MR) is 118 cm³/mol. The maximum Gasteiger partial charge on any atom is 0.311 e. The maximum absolute atomic E-state index is 13.2. The van der Waals surface area contributed by atoms with Crippen molar-refractivity contribution < 1.29 is 29.3 Å². The third-order valence-corrected chi connectivity index (χ3v) is 9.06. The number of fused-ring (bicyclic) bond motifs is 5. The lowest BCUT2D eigenvalue weighted by molar-refractivity contribution is -0.182. The van der Waals surface area contributed by atoms with Gasteiger partial charge in [-0.05, 0) is 76.9 Å². The molecule has 6 nitrogen and oxygen atoms in total. The molecule has 0 amide bonds. The first-order valence-electron chi connectivity index (χ1n) is 11.8. The zero-order valence-electron chi connectivity index (χ0n) is 19.8. The Kier molecular flexibility index (Phi) is 5.37. The van der Waals surface area contributed by atoms with E-state index in [0.717, 1.165) is 18.4 Å². The highest BCUT2D eigenvalue weighted by atomic mass is 16.5. The zero-order valence-corrected chi connectivity index (χ0v) is 19.8. The van der Waals surface area contributed by atoms with Crippen LogP contribution >= 0.6 is 0 Å². The van der Waals surface area contributed by atoms with Gasteiger partial charge in [-0.25, -0.2) is 0 Å². The Morgan fingerprint density at radius 2 is 1.91 bits per heavy atom. The highest BCUT2D eigenvalue weighted by Gasteiger charge is 2.68. The summed E-state index contributed by atoms with van der Waals surface area (Å²) in [7, 11) is 0. The lowest BCUT2D eigenvalue weighted by Gasteiger charge is -2.59. The van der Waals surface area contributed by atoms with E-state index < -0.39 is 40.9 Å². The second-order valence-electron chi connectivity index (χ2n) is 11.9. The minimum Gasteiger partial charge on any atom is -0.457 e. The van der Waals surface area contributed by atoms with Crippen LogP contribution in [-0.4, -0.2) is 46.1 Å². The molecular weight excluding hydrogens is 408 g/mol. The Morgan fingerprint density at radius 1 is 1.22 bits per heavy atom. The van der Waals surface area contributed by atoms with Crippen molar-refractivity contribution in [1.82, 2.24) is 0 Å². The van der Waals surface area contributed by atoms with Crippen LogP contribution in [0.2, 0.25) is 0 Å². The van der Waals surface area contributed by atoms with E-state index in [9.17, 15) is 24.6 Å². The molecule has 3 fully saturated rings. The zero-order chi connectivity index (χ0) is 23.7. The fraction of sp³-hybridized carbons (Fsp3) is 0.731. The Bertz CT molecular complexity index is 910. The third-order valence-electron chi connectivity index (χ3n) is 9.06. The van der Waals surface area contributed by atoms with Crippen LogP contribution in [-0.2, 0) is 19.1 Å². The summed E-state index contributed by atoms with van der Waals surface area (Å²) in [5.74, 6) is -0.791. The van der Waals surface area contributed by atoms with Crippen LogP contribution in [0.1, 0.15) is 66.7 Å². The summed E-state index contributed by atoms with van der Waals surface area (Å²) in [6.45, 7) is 8.73. The maximum atomic E-state index is 13.2. The molecular formula is C26H36O6. The Hall–Kier alpha value is -1.79. The number of hydrogen-bond donors (Lipinski definition) is 2. The number of ketones is 2. The number of esters is 1. The molecule has 0 aliphatic heterocycles. The SMILES string of the molecule is CC(C)(C)C(=O)OCC(=O)[C@@]1(O)CC[C@H]2[C@@H]3CCC4=CC(=O)C=C[C@]4(C)[C@@H]3[C@@H](O)C[C@@]21C. The van der Waals surface area contributed by atoms with Crippen LogP contribution in [0.25, 0.3) is 0 Å². The first-order chi connectivity index (χ1) is 14.7. The van der Waals surface area contributed by atoms with Gasteiger partial charge in [0.25, 0.3) is 0 Å². The molecule has 4 rings (SSSR count). The Morgan fingerprint density at radius 3 is 2.56 bits per heavy atom. The molecule has 32 heavy (non-hydrogen) atoms. The number of Topliss-reactive ketones (excluding diaryl/α,β-unsaturated/α-hetero) is 1. The van der Waals surface area contributed by atoms with E-state index in [4.69, 9.17) is 4.74 Å². The van der Waals surface area contributed by atoms with Crippen molar-refractivity contribution in [3.8, 4) is 0 Å². The van der Waals surface area contributed by atoms with Gasteiger partial charge >= 0.3 is 5.97 Å². The summed E-state index contributed by atoms with van der Waals surface area (Å²) in [5, 5.41) is 23.0. The van der Waals surface area contributed by atoms with Crippen molar-refractivity contribution >= 4 is 17.5 Å². The van der Waals surface area contributed by atoms with Crippen LogP contribution in [0.3, 0.4) is 0 Å². The predicted octanol–water partition coefficient (Wildman–Crippen LogP) is 3.15. The van der Waals surface area contributed by atoms with E-state index in [1.807, 2.05) is 13.0 Å². The Labute approximate surface area is 190 Å². The molecule has 0 aromatic heterocycles. The van der Waals surface area contributed by atoms with E-state index in [-0.39, 0.29) is 29.0 Å². The van der Waals surface area contributed by atoms with Crippen molar-refractivity contribution in [3.05, 3.63) is 23.8 Å². The van der Waals surface area contributed by atoms with Gasteiger partial charge in [0.15, 0.2) is 12.4 Å². The van der Waals surface area contributed by atoms with Gasteiger partial charge in [0.1, 0.15) is 5.60 Å². The molecule has 7 atom stereocenters. The summed E-state index contributed by atoms with van der Waals surface area (Å²) < 4.78 is 5.24. The van der Waals surface area contributed by atoms with Gasteiger partial charge in [0.05, 0.1) is 11.5 Å². The van der Waals surface area contributed by atoms with E-state index in [1.165, 1.54) is 0 Å². The molecule has 2 N–H and O–H groups in total. The van der Waals surface area contributed by atoms with Crippen molar-refractivity contribution in [2.45, 2.75) is 78.4 Å². The van der Waals surface area contributed by atoms with E-state index in [2.05, 4.69) is 6.92 Å². The number of allylic oxidation sites excluding steroid dienone is 4. The van der Waals surface area contributed by atoms with Crippen molar-refractivity contribution in [1.29, 1.82) is 0 Å². The number of rotatable bonds is 3. The fourth-order valence-corrected chi connectivity index (χ4v) is 7.26. The molecule has 0 saturated heterocycles. The number of aliphatic hydroxyl groups excluding tert-OH is 1. The molecule has 0 spiro atoms. The molecule has 4 aliphatic carbocycles. The molecule has 0 heterocycles. The van der Waals surface area contributed by atoms with Gasteiger partial charge in [0, 0.05) is 16.7 Å². The topological polar surface area (TPSA) is 101 Å². The van der Waals surface area contributed by atoms with Gasteiger partial charge < -0.3 is 14.9 Å². The molecule has 0 aromatic carbocycles. The normalized spacial score (nSPS) is 43.1. The average Bonchev–Trinajstić information content (AvgIpc) is 2.97. The van der Waals surface area contributed by atoms with Gasteiger partial charge in [-0.2, -0.15) is 0 Å². The highest BCUT2D eigenvalue weighted by molar-refractivity contribution is 6.01. The fourth-order valence-electron chi connectivity index (χ4n) is 7.26. The van der Waals surface area contributed by atoms with Crippen LogP contribution in [0.15, 0.2) is 23.8 Å². The number of carbonyl (C=O) groups is 3. The highest BCUT2D eigenvalue weighted by Crippen LogP contribution is 2.67. The summed E-state index contributed by atoms with van der Waals surface area (Å²) in [6, 6.07) is 0. The van der Waals surface area contributed by atoms with E-state index in [0.29, 0.717) is 19.3 Å². The second kappa shape index (κ2) is 7.36. The molecule has 6 heteroatoms. The van der Waals surface area contributed by atoms with E-state index >= 15 is 0 Å². The van der Waals surface area contributed by atoms with Gasteiger partial charge in [-0.1, -0.05) is 25.5 Å². The number of ether oxygens (including phenoxy) is 1. The average molecular weight is 445 g/mol. The second-order valence-corrected chi connectivity index (χ2v) is 11.9. The Balaban J connectivity index is 1.60. The number of carbonyl (C=O) groups excluding carboxylic acids is 3. The molecule has 0 radical (unpaired) electrons. The third kappa shape index (κ3) is 3.25. The van der Waals surface area contributed by atoms with Crippen molar-refractivity contribution in [2.75, 3.05) is 6.61 Å². The quantitative estimate of drug-likeness (QED) is 0.649. The lowest BCUT2D eigenvalue weighted by Crippen LogP contribution is -2.61. The van der Waals surface area contributed by atoms with Crippen LogP contribution in [0.5, 0.6) is 0 Å². The molecule has 0 bridgehead atoms. The first-order valence-corrected chi connectivity index (χ1v) is 11.8. The smallest absolute Gasteiger partial charge is 0.311 e. The number of hydrogen-bond acceptors (Lipinski definition) is 6. The first kappa shape index (κ1) is 23.4. The number of aliphatic hydroxyl groups is 2. The lowest BCUT2D eigenvalue weighted by atomic mass is 9.46. The molecule has 4 aliphatic rings. The summed E-state index contributed by atoms with van der Waals surface area (Å²) in [4.78, 5) is 37.3. The molecule has 0 aromatic rings. The minimum atomic E-state index is -1.63. The standard InChI is InChI=1S/C26H36O6/c1-23(2,3)22(30)32-14-20(29)26(31)11-9-18-17-7-6-15-12-16(27)8-10-24(15,4)21(17)19(28)13-25(18,26)5/h8,10,12,17-19,21,28,31H,6-7,9,11,13-14H2,1-5H3/t17-,18-,19-,21-,24-,25-,26-/m0/s1. The van der Waals surface area contributed by atoms with Crippen molar-refractivity contribution in [2.24, 2.45) is 34.0 Å². The molecule has 0 unspecified atom stereocenters. The van der Waals surface area contributed by atoms with Crippen LogP contribution in [0.4, 0.5) is 0 Å². The van der Waals surface area contributed by atoms with E-state index in [1.54, 1.807) is 32.9 Å². The monoisotopic (exact) mass is 444 g/mol. The van der Waals surface area contributed by atoms with Crippen LogP contribution < -0.4 is 0 Å². The summed E-state index contributed by atoms with van der Waals surface area (Å²) in [5.41, 5.74) is -2.45. The summed E-state index contributed by atoms with van der Waals surface area (Å²) in [6.07, 6.45) is 7.48. The molecule has 176 valence electrons. The molecule has 3 saturated carbocycles. The van der Waals surface area contributed by atoms with Gasteiger partial charge in [0.2, 0.25) is 5.78 Å². The minimum absolute atomic E-state index is 0.00305. The van der Waals surface area contributed by atoms with Gasteiger partial charge in [-0.15, -0.1) is 0 Å². The summed E-state index contributed by atoms with van der Waals surface area (Å²) >= 11 is 0. The largest absolute Gasteiger partial charge is 0.457 e. The van der Waals surface area contributed by atoms with Crippen LogP contribution in [0, 0.1) is 34.0 Å². The van der Waals surface area contributed by atoms with Crippen molar-refractivity contribution in [3.63, 3.8) is 0 Å².